The third kappa shape index (κ3) is 2.02. The molecule has 0 saturated carbocycles. The third-order valence-electron chi connectivity index (χ3n) is 2.49. The maximum atomic E-state index is 11.5. The summed E-state index contributed by atoms with van der Waals surface area (Å²) in [5, 5.41) is 13.5. The molecule has 1 fully saturated rings. The number of amides is 1. The van der Waals surface area contributed by atoms with Gasteiger partial charge in [0, 0.05) is 12.7 Å². The van der Waals surface area contributed by atoms with Crippen LogP contribution in [0.1, 0.15) is 19.8 Å². The van der Waals surface area contributed by atoms with Crippen LogP contribution in [0, 0.1) is 0 Å². The highest BCUT2D eigenvalue weighted by atomic mass is 16.3. The molecule has 1 aromatic heterocycles. The van der Waals surface area contributed by atoms with E-state index in [0.29, 0.717) is 6.54 Å². The molecule has 0 radical (unpaired) electrons. The van der Waals surface area contributed by atoms with Crippen molar-refractivity contribution in [1.29, 1.82) is 0 Å². The third-order valence-corrected chi connectivity index (χ3v) is 2.49. The second-order valence-corrected chi connectivity index (χ2v) is 3.82. The summed E-state index contributed by atoms with van der Waals surface area (Å²) in [7, 11) is 0. The number of nitrogens with zero attached hydrogens (tertiary/aromatic N) is 3. The molecule has 2 heterocycles. The summed E-state index contributed by atoms with van der Waals surface area (Å²) in [6, 6.07) is 0. The maximum absolute atomic E-state index is 11.5. The van der Waals surface area contributed by atoms with Crippen LogP contribution in [0.5, 0.6) is 0 Å². The average molecular weight is 209 g/mol. The lowest BCUT2D eigenvalue weighted by Crippen LogP contribution is -2.24. The van der Waals surface area contributed by atoms with Gasteiger partial charge in [-0.1, -0.05) is 6.92 Å². The van der Waals surface area contributed by atoms with E-state index in [1.165, 1.54) is 0 Å². The van der Waals surface area contributed by atoms with Gasteiger partial charge in [0.25, 0.3) is 0 Å². The first kappa shape index (κ1) is 10.2. The minimum Gasteiger partial charge on any atom is -0.391 e. The lowest BCUT2D eigenvalue weighted by atomic mass is 10.3. The molecule has 1 aliphatic heterocycles. The summed E-state index contributed by atoms with van der Waals surface area (Å²) in [5.74, 6) is -0.0291. The number of carbonyl (C=O) groups is 1. The molecule has 0 bridgehead atoms. The van der Waals surface area contributed by atoms with Crippen molar-refractivity contribution in [2.45, 2.75) is 32.4 Å². The predicted molar refractivity (Wildman–Crippen MR) is 55.5 cm³/mol. The number of β-amino-alcohol motifs (C(OH)–C–C–N with tert-alkyl or cyclic N) is 1. The molecular formula is C10H15N3O2. The van der Waals surface area contributed by atoms with Crippen molar-refractivity contribution in [3.63, 3.8) is 0 Å². The van der Waals surface area contributed by atoms with Crippen LogP contribution in [0.2, 0.25) is 0 Å². The molecule has 82 valence electrons. The molecule has 1 amide bonds. The van der Waals surface area contributed by atoms with Gasteiger partial charge >= 0.3 is 0 Å². The van der Waals surface area contributed by atoms with Gasteiger partial charge in [0.15, 0.2) is 0 Å². The second-order valence-electron chi connectivity index (χ2n) is 3.82. The Bertz CT molecular complexity index is 361. The van der Waals surface area contributed by atoms with Gasteiger partial charge in [-0.15, -0.1) is 0 Å². The van der Waals surface area contributed by atoms with Gasteiger partial charge < -0.3 is 10.0 Å². The number of carbonyl (C=O) groups excluding carboxylic acids is 1. The SMILES string of the molecule is CCCn1cc(N2CC(O)CC2=O)cn1. The van der Waals surface area contributed by atoms with Gasteiger partial charge in [-0.05, 0) is 6.42 Å². The first-order valence-electron chi connectivity index (χ1n) is 5.21. The first-order chi connectivity index (χ1) is 7.20. The van der Waals surface area contributed by atoms with E-state index in [2.05, 4.69) is 12.0 Å². The van der Waals surface area contributed by atoms with Crippen molar-refractivity contribution in [1.82, 2.24) is 9.78 Å². The van der Waals surface area contributed by atoms with Crippen molar-refractivity contribution < 1.29 is 9.90 Å². The van der Waals surface area contributed by atoms with Crippen LogP contribution in [0.25, 0.3) is 0 Å². The summed E-state index contributed by atoms with van der Waals surface area (Å²) in [4.78, 5) is 13.1. The molecule has 5 heteroatoms. The summed E-state index contributed by atoms with van der Waals surface area (Å²) in [6.45, 7) is 3.31. The molecule has 1 aliphatic rings. The van der Waals surface area contributed by atoms with Crippen LogP contribution >= 0.6 is 0 Å². The molecule has 5 nitrogen and oxygen atoms in total. The quantitative estimate of drug-likeness (QED) is 0.783. The number of hydrogen-bond donors (Lipinski definition) is 1. The van der Waals surface area contributed by atoms with E-state index in [-0.39, 0.29) is 12.3 Å². The normalized spacial score (nSPS) is 21.3. The van der Waals surface area contributed by atoms with Crippen molar-refractivity contribution in [3.05, 3.63) is 12.4 Å². The zero-order valence-corrected chi connectivity index (χ0v) is 8.76. The van der Waals surface area contributed by atoms with Gasteiger partial charge in [0.05, 0.1) is 31.0 Å². The van der Waals surface area contributed by atoms with Crippen LogP contribution in [0.4, 0.5) is 5.69 Å². The molecular weight excluding hydrogens is 194 g/mol. The fourth-order valence-electron chi connectivity index (χ4n) is 1.78. The smallest absolute Gasteiger partial charge is 0.229 e. The standard InChI is InChI=1S/C10H15N3O2/c1-2-3-12-6-8(5-11-12)13-7-9(14)4-10(13)15/h5-6,9,14H,2-4,7H2,1H3. The van der Waals surface area contributed by atoms with Crippen LogP contribution in [0.3, 0.4) is 0 Å². The Balaban J connectivity index is 2.12. The Morgan fingerprint density at radius 1 is 1.67 bits per heavy atom. The number of aromatic nitrogens is 2. The van der Waals surface area contributed by atoms with Crippen molar-refractivity contribution in [3.8, 4) is 0 Å². The molecule has 1 saturated heterocycles. The van der Waals surface area contributed by atoms with Crippen molar-refractivity contribution in [2.24, 2.45) is 0 Å². The molecule has 0 aliphatic carbocycles. The molecule has 1 unspecified atom stereocenters. The highest BCUT2D eigenvalue weighted by Gasteiger charge is 2.29. The number of aliphatic hydroxyl groups is 1. The summed E-state index contributed by atoms with van der Waals surface area (Å²) >= 11 is 0. The average Bonchev–Trinajstić information content (AvgIpc) is 2.73. The van der Waals surface area contributed by atoms with Gasteiger partial charge in [-0.25, -0.2) is 0 Å². The summed E-state index contributed by atoms with van der Waals surface area (Å²) < 4.78 is 1.81. The largest absolute Gasteiger partial charge is 0.391 e. The fraction of sp³-hybridized carbons (Fsp3) is 0.600. The van der Waals surface area contributed by atoms with E-state index in [4.69, 9.17) is 0 Å². The van der Waals surface area contributed by atoms with E-state index >= 15 is 0 Å². The monoisotopic (exact) mass is 209 g/mol. The molecule has 1 N–H and O–H groups in total. The van der Waals surface area contributed by atoms with Gasteiger partial charge in [-0.2, -0.15) is 5.10 Å². The van der Waals surface area contributed by atoms with Gasteiger partial charge in [0.2, 0.25) is 5.91 Å². The van der Waals surface area contributed by atoms with Gasteiger partial charge in [0.1, 0.15) is 0 Å². The van der Waals surface area contributed by atoms with E-state index in [1.54, 1.807) is 11.1 Å². The number of aryl methyl sites for hydroxylation is 1. The zero-order valence-electron chi connectivity index (χ0n) is 8.76. The maximum Gasteiger partial charge on any atom is 0.229 e. The topological polar surface area (TPSA) is 58.4 Å². The lowest BCUT2D eigenvalue weighted by Gasteiger charge is -2.12. The Morgan fingerprint density at radius 2 is 2.47 bits per heavy atom. The van der Waals surface area contributed by atoms with Crippen LogP contribution < -0.4 is 4.90 Å². The first-order valence-corrected chi connectivity index (χ1v) is 5.21. The number of anilines is 1. The summed E-state index contributed by atoms with van der Waals surface area (Å²) in [5.41, 5.74) is 0.782. The molecule has 1 atom stereocenters. The molecule has 15 heavy (non-hydrogen) atoms. The fourth-order valence-corrected chi connectivity index (χ4v) is 1.78. The van der Waals surface area contributed by atoms with Crippen molar-refractivity contribution in [2.75, 3.05) is 11.4 Å². The molecule has 1 aromatic rings. The number of hydrogen-bond acceptors (Lipinski definition) is 3. The van der Waals surface area contributed by atoms with Crippen LogP contribution in [0.15, 0.2) is 12.4 Å². The minimum atomic E-state index is -0.535. The van der Waals surface area contributed by atoms with Crippen LogP contribution in [-0.2, 0) is 11.3 Å². The zero-order chi connectivity index (χ0) is 10.8. The van der Waals surface area contributed by atoms with E-state index in [9.17, 15) is 9.90 Å². The number of rotatable bonds is 3. The Kier molecular flexibility index (Phi) is 2.73. The Hall–Kier alpha value is -1.36. The predicted octanol–water partition coefficient (Wildman–Crippen LogP) is 0.391. The Morgan fingerprint density at radius 3 is 3.07 bits per heavy atom. The van der Waals surface area contributed by atoms with Gasteiger partial charge in [-0.3, -0.25) is 9.48 Å². The minimum absolute atomic E-state index is 0.0291. The van der Waals surface area contributed by atoms with E-state index in [0.717, 1.165) is 18.7 Å². The Labute approximate surface area is 88.3 Å². The highest BCUT2D eigenvalue weighted by Crippen LogP contribution is 2.20. The molecule has 2 rings (SSSR count). The van der Waals surface area contributed by atoms with E-state index < -0.39 is 6.10 Å². The molecule has 0 spiro atoms. The summed E-state index contributed by atoms with van der Waals surface area (Å²) in [6.07, 6.45) is 4.22. The van der Waals surface area contributed by atoms with Crippen LogP contribution in [-0.4, -0.2) is 33.4 Å². The van der Waals surface area contributed by atoms with Crippen molar-refractivity contribution >= 4 is 11.6 Å². The highest BCUT2D eigenvalue weighted by molar-refractivity contribution is 5.95. The molecule has 0 aromatic carbocycles. The second kappa shape index (κ2) is 4.02. The van der Waals surface area contributed by atoms with E-state index in [1.807, 2.05) is 10.9 Å². The lowest BCUT2D eigenvalue weighted by molar-refractivity contribution is -0.117. The number of aliphatic hydroxyl groups excluding tert-OH is 1.